The van der Waals surface area contributed by atoms with E-state index in [1.165, 1.54) is 11.1 Å². The molecule has 0 saturated carbocycles. The Labute approximate surface area is 159 Å². The molecule has 0 radical (unpaired) electrons. The van der Waals surface area contributed by atoms with Crippen molar-refractivity contribution < 1.29 is 9.53 Å². The number of likely N-dealkylation sites (tertiary alicyclic amines) is 1. The molecule has 0 aromatic heterocycles. The molecule has 1 fully saturated rings. The van der Waals surface area contributed by atoms with Crippen molar-refractivity contribution >= 4 is 18.4 Å². The molecule has 1 heterocycles. The highest BCUT2D eigenvalue weighted by atomic mass is 35.5. The van der Waals surface area contributed by atoms with E-state index in [0.29, 0.717) is 5.56 Å². The number of benzene rings is 1. The lowest BCUT2D eigenvalue weighted by Crippen LogP contribution is -2.38. The van der Waals surface area contributed by atoms with E-state index in [0.717, 1.165) is 25.9 Å². The summed E-state index contributed by atoms with van der Waals surface area (Å²) in [6.07, 6.45) is 2.05. The maximum atomic E-state index is 12.7. The van der Waals surface area contributed by atoms with Crippen molar-refractivity contribution in [1.29, 1.82) is 0 Å². The number of rotatable bonds is 2. The monoisotopic (exact) mass is 367 g/mol. The number of likely N-dealkylation sites (N-methyl/N-ethyl adjacent to an activating group) is 1. The van der Waals surface area contributed by atoms with Gasteiger partial charge in [0.25, 0.3) is 0 Å². The van der Waals surface area contributed by atoms with Gasteiger partial charge < -0.3 is 9.64 Å². The molecule has 0 aliphatic carbocycles. The lowest BCUT2D eigenvalue weighted by molar-refractivity contribution is 0.0108. The van der Waals surface area contributed by atoms with Crippen LogP contribution in [0.4, 0.5) is 0 Å². The molecule has 1 unspecified atom stereocenters. The Morgan fingerprint density at radius 2 is 1.56 bits per heavy atom. The average Bonchev–Trinajstić information content (AvgIpc) is 2.45. The van der Waals surface area contributed by atoms with Gasteiger partial charge in [-0.2, -0.15) is 0 Å². The van der Waals surface area contributed by atoms with Gasteiger partial charge in [0.05, 0.1) is 5.56 Å². The SMILES string of the molecule is CN1CCCC(OC(=O)c2cc(C(C)(C)C)cc(C(C)(C)C)c2)C1.Cl. The molecule has 0 amide bonds. The number of halogens is 1. The zero-order valence-electron chi connectivity index (χ0n) is 16.8. The minimum Gasteiger partial charge on any atom is -0.457 e. The Bertz CT molecular complexity index is 567. The molecular weight excluding hydrogens is 334 g/mol. The highest BCUT2D eigenvalue weighted by molar-refractivity contribution is 5.90. The average molecular weight is 368 g/mol. The molecule has 2 rings (SSSR count). The van der Waals surface area contributed by atoms with Gasteiger partial charge in [0.15, 0.2) is 0 Å². The van der Waals surface area contributed by atoms with Crippen molar-refractivity contribution in [3.8, 4) is 0 Å². The van der Waals surface area contributed by atoms with E-state index in [9.17, 15) is 4.79 Å². The second-order valence-corrected chi connectivity index (χ2v) is 9.23. The Balaban J connectivity index is 0.00000312. The minimum atomic E-state index is -0.188. The zero-order chi connectivity index (χ0) is 18.1. The molecule has 25 heavy (non-hydrogen) atoms. The summed E-state index contributed by atoms with van der Waals surface area (Å²) in [6, 6.07) is 6.24. The predicted molar refractivity (Wildman–Crippen MR) is 107 cm³/mol. The third kappa shape index (κ3) is 6.00. The van der Waals surface area contributed by atoms with E-state index in [1.807, 2.05) is 12.1 Å². The maximum Gasteiger partial charge on any atom is 0.338 e. The van der Waals surface area contributed by atoms with Crippen LogP contribution in [0.3, 0.4) is 0 Å². The van der Waals surface area contributed by atoms with Gasteiger partial charge in [-0.1, -0.05) is 47.6 Å². The van der Waals surface area contributed by atoms with Crippen LogP contribution < -0.4 is 0 Å². The molecule has 0 N–H and O–H groups in total. The summed E-state index contributed by atoms with van der Waals surface area (Å²) in [7, 11) is 2.08. The van der Waals surface area contributed by atoms with Gasteiger partial charge in [-0.15, -0.1) is 12.4 Å². The minimum absolute atomic E-state index is 0. The van der Waals surface area contributed by atoms with Crippen LogP contribution in [0.2, 0.25) is 0 Å². The number of hydrogen-bond acceptors (Lipinski definition) is 3. The second kappa shape index (κ2) is 8.09. The van der Waals surface area contributed by atoms with Crippen LogP contribution in [-0.4, -0.2) is 37.1 Å². The number of esters is 1. The van der Waals surface area contributed by atoms with E-state index in [1.54, 1.807) is 0 Å². The molecule has 1 aromatic carbocycles. The van der Waals surface area contributed by atoms with Crippen LogP contribution >= 0.6 is 12.4 Å². The molecule has 1 aliphatic heterocycles. The van der Waals surface area contributed by atoms with Crippen molar-refractivity contribution in [1.82, 2.24) is 4.90 Å². The molecule has 0 spiro atoms. The van der Waals surface area contributed by atoms with E-state index < -0.39 is 0 Å². The van der Waals surface area contributed by atoms with E-state index in [2.05, 4.69) is 59.6 Å². The predicted octanol–water partition coefficient (Wildman–Crippen LogP) is 4.95. The Morgan fingerprint density at radius 1 is 1.04 bits per heavy atom. The fourth-order valence-corrected chi connectivity index (χ4v) is 3.05. The lowest BCUT2D eigenvalue weighted by atomic mass is 9.79. The van der Waals surface area contributed by atoms with Gasteiger partial charge in [0, 0.05) is 6.54 Å². The Hall–Kier alpha value is -1.06. The summed E-state index contributed by atoms with van der Waals surface area (Å²) < 4.78 is 5.80. The van der Waals surface area contributed by atoms with Crippen molar-refractivity contribution in [3.05, 3.63) is 34.9 Å². The number of ether oxygens (including phenoxy) is 1. The largest absolute Gasteiger partial charge is 0.457 e. The van der Waals surface area contributed by atoms with Gasteiger partial charge in [-0.05, 0) is 60.5 Å². The third-order valence-corrected chi connectivity index (χ3v) is 4.76. The maximum absolute atomic E-state index is 12.7. The number of carbonyl (C=O) groups excluding carboxylic acids is 1. The lowest BCUT2D eigenvalue weighted by Gasteiger charge is -2.30. The molecule has 0 bridgehead atoms. The normalized spacial score (nSPS) is 19.2. The van der Waals surface area contributed by atoms with Gasteiger partial charge in [0.1, 0.15) is 6.10 Å². The summed E-state index contributed by atoms with van der Waals surface area (Å²) in [6.45, 7) is 15.0. The highest BCUT2D eigenvalue weighted by Gasteiger charge is 2.25. The van der Waals surface area contributed by atoms with Crippen molar-refractivity contribution in [2.45, 2.75) is 71.3 Å². The topological polar surface area (TPSA) is 29.5 Å². The van der Waals surface area contributed by atoms with Crippen molar-refractivity contribution in [2.24, 2.45) is 0 Å². The van der Waals surface area contributed by atoms with Gasteiger partial charge >= 0.3 is 5.97 Å². The number of piperidine rings is 1. The van der Waals surface area contributed by atoms with Gasteiger partial charge in [-0.25, -0.2) is 4.79 Å². The summed E-state index contributed by atoms with van der Waals surface area (Å²) in [5.41, 5.74) is 3.05. The Morgan fingerprint density at radius 3 is 2.00 bits per heavy atom. The fraction of sp³-hybridized carbons (Fsp3) is 0.667. The zero-order valence-corrected chi connectivity index (χ0v) is 17.6. The summed E-state index contributed by atoms with van der Waals surface area (Å²) in [5, 5.41) is 0. The Kier molecular flexibility index (Phi) is 7.12. The smallest absolute Gasteiger partial charge is 0.338 e. The summed E-state index contributed by atoms with van der Waals surface area (Å²) >= 11 is 0. The second-order valence-electron chi connectivity index (χ2n) is 9.23. The molecule has 3 nitrogen and oxygen atoms in total. The van der Waals surface area contributed by atoms with Crippen LogP contribution in [0.15, 0.2) is 18.2 Å². The molecule has 1 saturated heterocycles. The molecular formula is C21H34ClNO2. The van der Waals surface area contributed by atoms with Crippen LogP contribution in [0, 0.1) is 0 Å². The van der Waals surface area contributed by atoms with Gasteiger partial charge in [0.2, 0.25) is 0 Å². The molecule has 1 aromatic rings. The number of carbonyl (C=O) groups is 1. The first-order valence-electron chi connectivity index (χ1n) is 9.02. The van der Waals surface area contributed by atoms with E-state index >= 15 is 0 Å². The molecule has 142 valence electrons. The van der Waals surface area contributed by atoms with Gasteiger partial charge in [-0.3, -0.25) is 0 Å². The molecule has 1 atom stereocenters. The van der Waals surface area contributed by atoms with Crippen molar-refractivity contribution in [3.63, 3.8) is 0 Å². The first kappa shape index (κ1) is 22.0. The van der Waals surface area contributed by atoms with Crippen LogP contribution in [-0.2, 0) is 15.6 Å². The standard InChI is InChI=1S/C21H33NO2.ClH/c1-20(2,3)16-11-15(12-17(13-16)21(4,5)6)19(23)24-18-9-8-10-22(7)14-18;/h11-13,18H,8-10,14H2,1-7H3;1H. The quantitative estimate of drug-likeness (QED) is 0.692. The first-order chi connectivity index (χ1) is 11.0. The van der Waals surface area contributed by atoms with Crippen LogP contribution in [0.5, 0.6) is 0 Å². The van der Waals surface area contributed by atoms with Crippen LogP contribution in [0.25, 0.3) is 0 Å². The molecule has 1 aliphatic rings. The number of nitrogens with zero attached hydrogens (tertiary/aromatic N) is 1. The number of hydrogen-bond donors (Lipinski definition) is 0. The van der Waals surface area contributed by atoms with E-state index in [-0.39, 0.29) is 35.3 Å². The van der Waals surface area contributed by atoms with Crippen molar-refractivity contribution in [2.75, 3.05) is 20.1 Å². The first-order valence-corrected chi connectivity index (χ1v) is 9.02. The summed E-state index contributed by atoms with van der Waals surface area (Å²) in [4.78, 5) is 15.0. The highest BCUT2D eigenvalue weighted by Crippen LogP contribution is 2.30. The molecule has 4 heteroatoms. The van der Waals surface area contributed by atoms with Crippen LogP contribution in [0.1, 0.15) is 75.9 Å². The summed E-state index contributed by atoms with van der Waals surface area (Å²) in [5.74, 6) is -0.188. The third-order valence-electron chi connectivity index (χ3n) is 4.76. The van der Waals surface area contributed by atoms with E-state index in [4.69, 9.17) is 4.74 Å². The fourth-order valence-electron chi connectivity index (χ4n) is 3.05.